The molecule has 0 spiro atoms. The Morgan fingerprint density at radius 1 is 1.21 bits per heavy atom. The number of amides is 2. The van der Waals surface area contributed by atoms with Gasteiger partial charge in [-0.05, 0) is 56.1 Å². The zero-order valence-corrected chi connectivity index (χ0v) is 11.5. The molecule has 102 valence electrons. The summed E-state index contributed by atoms with van der Waals surface area (Å²) in [4.78, 5) is 11.8. The predicted octanol–water partition coefficient (Wildman–Crippen LogP) is 3.55. The number of aryl methyl sites for hydroxylation is 1. The Morgan fingerprint density at radius 3 is 2.63 bits per heavy atom. The number of hydrogen-bond donors (Lipinski definition) is 2. The fourth-order valence-corrected chi connectivity index (χ4v) is 3.66. The van der Waals surface area contributed by atoms with Gasteiger partial charge in [0.2, 0.25) is 0 Å². The molecule has 3 heteroatoms. The molecule has 0 heterocycles. The molecule has 1 aromatic rings. The van der Waals surface area contributed by atoms with Gasteiger partial charge in [0.15, 0.2) is 0 Å². The van der Waals surface area contributed by atoms with Crippen LogP contribution in [0.3, 0.4) is 0 Å². The Hall–Kier alpha value is -1.51. The minimum absolute atomic E-state index is 0.0772. The van der Waals surface area contributed by atoms with Gasteiger partial charge in [-0.1, -0.05) is 24.1 Å². The summed E-state index contributed by atoms with van der Waals surface area (Å²) in [5.41, 5.74) is 2.06. The zero-order valence-electron chi connectivity index (χ0n) is 11.5. The quantitative estimate of drug-likeness (QED) is 0.855. The number of rotatable bonds is 3. The smallest absolute Gasteiger partial charge is 0.319 e. The second-order valence-corrected chi connectivity index (χ2v) is 6.14. The fourth-order valence-electron chi connectivity index (χ4n) is 3.66. The summed E-state index contributed by atoms with van der Waals surface area (Å²) < 4.78 is 0. The molecule has 1 aromatic carbocycles. The van der Waals surface area contributed by atoms with Crippen molar-refractivity contribution < 1.29 is 4.79 Å². The summed E-state index contributed by atoms with van der Waals surface area (Å²) >= 11 is 0. The number of hydrogen-bond acceptors (Lipinski definition) is 1. The molecule has 0 saturated heterocycles. The van der Waals surface area contributed by atoms with Crippen molar-refractivity contribution in [1.82, 2.24) is 5.32 Å². The van der Waals surface area contributed by atoms with Gasteiger partial charge in [0, 0.05) is 12.2 Å². The van der Waals surface area contributed by atoms with E-state index in [0.29, 0.717) is 5.92 Å². The third kappa shape index (κ3) is 2.91. The van der Waals surface area contributed by atoms with Crippen molar-refractivity contribution in [2.24, 2.45) is 17.8 Å². The first-order chi connectivity index (χ1) is 9.20. The average Bonchev–Trinajstić information content (AvgIpc) is 3.01. The van der Waals surface area contributed by atoms with Crippen LogP contribution in [0.25, 0.3) is 0 Å². The van der Waals surface area contributed by atoms with E-state index < -0.39 is 0 Å². The molecule has 2 amide bonds. The van der Waals surface area contributed by atoms with Crippen LogP contribution in [-0.4, -0.2) is 12.6 Å². The molecule has 2 N–H and O–H groups in total. The number of nitrogens with one attached hydrogen (secondary N) is 2. The number of carbonyl (C=O) groups is 1. The van der Waals surface area contributed by atoms with E-state index in [9.17, 15) is 4.79 Å². The van der Waals surface area contributed by atoms with Crippen molar-refractivity contribution in [1.29, 1.82) is 0 Å². The molecule has 0 unspecified atom stereocenters. The molecule has 0 radical (unpaired) electrons. The summed E-state index contributed by atoms with van der Waals surface area (Å²) in [7, 11) is 0. The average molecular weight is 258 g/mol. The molecule has 19 heavy (non-hydrogen) atoms. The highest BCUT2D eigenvalue weighted by molar-refractivity contribution is 5.89. The van der Waals surface area contributed by atoms with Crippen LogP contribution in [0.4, 0.5) is 10.5 Å². The highest BCUT2D eigenvalue weighted by Gasteiger charge is 2.39. The first-order valence-corrected chi connectivity index (χ1v) is 7.32. The maximum Gasteiger partial charge on any atom is 0.319 e. The Morgan fingerprint density at radius 2 is 2.00 bits per heavy atom. The molecule has 2 aliphatic carbocycles. The van der Waals surface area contributed by atoms with E-state index >= 15 is 0 Å². The zero-order chi connectivity index (χ0) is 13.2. The lowest BCUT2D eigenvalue weighted by Crippen LogP contribution is -2.34. The molecule has 0 aromatic heterocycles. The van der Waals surface area contributed by atoms with Crippen LogP contribution in [0.5, 0.6) is 0 Å². The highest BCUT2D eigenvalue weighted by atomic mass is 16.2. The summed E-state index contributed by atoms with van der Waals surface area (Å²) in [6.45, 7) is 2.87. The monoisotopic (exact) mass is 258 g/mol. The van der Waals surface area contributed by atoms with Crippen LogP contribution in [0, 0.1) is 24.7 Å². The van der Waals surface area contributed by atoms with Crippen LogP contribution in [0.2, 0.25) is 0 Å². The van der Waals surface area contributed by atoms with Crippen molar-refractivity contribution >= 4 is 11.7 Å². The van der Waals surface area contributed by atoms with Gasteiger partial charge in [0.05, 0.1) is 0 Å². The lowest BCUT2D eigenvalue weighted by atomic mass is 9.89. The van der Waals surface area contributed by atoms with Crippen LogP contribution < -0.4 is 10.6 Å². The first kappa shape index (κ1) is 12.5. The van der Waals surface area contributed by atoms with Crippen molar-refractivity contribution in [3.63, 3.8) is 0 Å². The number of anilines is 1. The van der Waals surface area contributed by atoms with Crippen molar-refractivity contribution in [3.8, 4) is 0 Å². The maximum atomic E-state index is 11.8. The second kappa shape index (κ2) is 5.24. The number of benzene rings is 1. The Kier molecular flexibility index (Phi) is 3.45. The Labute approximate surface area is 114 Å². The largest absolute Gasteiger partial charge is 0.338 e. The molecule has 2 saturated carbocycles. The molecule has 3 rings (SSSR count). The van der Waals surface area contributed by atoms with Gasteiger partial charge in [-0.25, -0.2) is 4.79 Å². The summed E-state index contributed by atoms with van der Waals surface area (Å²) in [6.07, 6.45) is 5.49. The van der Waals surface area contributed by atoms with Crippen molar-refractivity contribution in [2.45, 2.75) is 32.6 Å². The van der Waals surface area contributed by atoms with Gasteiger partial charge in [-0.15, -0.1) is 0 Å². The minimum atomic E-state index is -0.0772. The van der Waals surface area contributed by atoms with Gasteiger partial charge >= 0.3 is 6.03 Å². The molecule has 2 bridgehead atoms. The standard InChI is InChI=1S/C16H22N2O/c1-11-2-6-15(7-3-11)18-16(19)17-10-14-9-12-4-5-13(14)8-12/h2-3,6-7,12-14H,4-5,8-10H2,1H3,(H2,17,18,19)/t12-,13-,14+/m1/s1. The van der Waals surface area contributed by atoms with Crippen LogP contribution in [0.15, 0.2) is 24.3 Å². The molecular weight excluding hydrogens is 236 g/mol. The van der Waals surface area contributed by atoms with Gasteiger partial charge in [0.25, 0.3) is 0 Å². The van der Waals surface area contributed by atoms with E-state index in [-0.39, 0.29) is 6.03 Å². The summed E-state index contributed by atoms with van der Waals surface area (Å²) in [6, 6.07) is 7.81. The lowest BCUT2D eigenvalue weighted by molar-refractivity contribution is 0.245. The molecular formula is C16H22N2O. The van der Waals surface area contributed by atoms with E-state index in [1.807, 2.05) is 31.2 Å². The lowest BCUT2D eigenvalue weighted by Gasteiger charge is -2.21. The van der Waals surface area contributed by atoms with Crippen molar-refractivity contribution in [2.75, 3.05) is 11.9 Å². The van der Waals surface area contributed by atoms with E-state index in [2.05, 4.69) is 10.6 Å². The van der Waals surface area contributed by atoms with Gasteiger partial charge < -0.3 is 10.6 Å². The predicted molar refractivity (Wildman–Crippen MR) is 77.1 cm³/mol. The Bertz CT molecular complexity index is 454. The summed E-state index contributed by atoms with van der Waals surface area (Å²) in [5.74, 6) is 2.52. The van der Waals surface area contributed by atoms with E-state index in [1.54, 1.807) is 0 Å². The normalized spacial score (nSPS) is 28.4. The van der Waals surface area contributed by atoms with E-state index in [4.69, 9.17) is 0 Å². The second-order valence-electron chi connectivity index (χ2n) is 6.14. The number of urea groups is 1. The van der Waals surface area contributed by atoms with Gasteiger partial charge in [-0.2, -0.15) is 0 Å². The third-order valence-corrected chi connectivity index (χ3v) is 4.72. The molecule has 3 atom stereocenters. The number of fused-ring (bicyclic) bond motifs is 2. The van der Waals surface area contributed by atoms with E-state index in [0.717, 1.165) is 24.1 Å². The van der Waals surface area contributed by atoms with E-state index in [1.165, 1.54) is 31.2 Å². The highest BCUT2D eigenvalue weighted by Crippen LogP contribution is 2.47. The maximum absolute atomic E-state index is 11.8. The molecule has 0 aliphatic heterocycles. The fraction of sp³-hybridized carbons (Fsp3) is 0.562. The number of carbonyl (C=O) groups excluding carboxylic acids is 1. The van der Waals surface area contributed by atoms with Crippen LogP contribution in [0.1, 0.15) is 31.2 Å². The first-order valence-electron chi connectivity index (χ1n) is 7.32. The van der Waals surface area contributed by atoms with Gasteiger partial charge in [0.1, 0.15) is 0 Å². The van der Waals surface area contributed by atoms with Crippen LogP contribution in [-0.2, 0) is 0 Å². The Balaban J connectivity index is 1.45. The third-order valence-electron chi connectivity index (χ3n) is 4.72. The van der Waals surface area contributed by atoms with Gasteiger partial charge in [-0.3, -0.25) is 0 Å². The minimum Gasteiger partial charge on any atom is -0.338 e. The molecule has 2 fully saturated rings. The molecule has 2 aliphatic rings. The SMILES string of the molecule is Cc1ccc(NC(=O)NC[C@@H]2C[C@@H]3CC[C@@H]2C3)cc1. The van der Waals surface area contributed by atoms with Crippen LogP contribution >= 0.6 is 0 Å². The topological polar surface area (TPSA) is 41.1 Å². The molecule has 3 nitrogen and oxygen atoms in total. The van der Waals surface area contributed by atoms with Crippen molar-refractivity contribution in [3.05, 3.63) is 29.8 Å². The summed E-state index contributed by atoms with van der Waals surface area (Å²) in [5, 5.41) is 5.91.